The van der Waals surface area contributed by atoms with E-state index in [1.54, 1.807) is 11.1 Å². The van der Waals surface area contributed by atoms with Gasteiger partial charge in [0.05, 0.1) is 0 Å². The number of rotatable bonds is 13. The van der Waals surface area contributed by atoms with Crippen LogP contribution in [-0.4, -0.2) is 0 Å². The molecule has 0 radical (unpaired) electrons. The molecule has 0 heterocycles. The Balaban J connectivity index is 1.34. The van der Waals surface area contributed by atoms with Crippen molar-refractivity contribution in [3.8, 4) is 0 Å². The van der Waals surface area contributed by atoms with E-state index in [-0.39, 0.29) is 0 Å². The van der Waals surface area contributed by atoms with Crippen LogP contribution in [0.2, 0.25) is 0 Å². The van der Waals surface area contributed by atoms with Gasteiger partial charge in [0.2, 0.25) is 0 Å². The highest BCUT2D eigenvalue weighted by molar-refractivity contribution is 5.28. The first-order valence-corrected chi connectivity index (χ1v) is 14.4. The maximum atomic E-state index is 2.50. The Morgan fingerprint density at radius 2 is 0.839 bits per heavy atom. The molecule has 3 rings (SSSR count). The highest BCUT2D eigenvalue weighted by atomic mass is 14.3. The smallest absolute Gasteiger partial charge is 0.0162 e. The van der Waals surface area contributed by atoms with E-state index in [4.69, 9.17) is 0 Å². The van der Waals surface area contributed by atoms with E-state index in [1.165, 1.54) is 122 Å². The maximum absolute atomic E-state index is 2.50. The van der Waals surface area contributed by atoms with Crippen LogP contribution in [0.3, 0.4) is 0 Å². The van der Waals surface area contributed by atoms with Crippen LogP contribution in [0.15, 0.2) is 24.3 Å². The SMILES string of the molecule is CCCCCCCC1CCC(c2ccc(C3CCC(CCCCCC)CC3)cc2)CC1. The molecule has 2 aliphatic carbocycles. The summed E-state index contributed by atoms with van der Waals surface area (Å²) in [5.74, 6) is 3.72. The lowest BCUT2D eigenvalue weighted by molar-refractivity contribution is 0.300. The topological polar surface area (TPSA) is 0 Å². The molecule has 1 aromatic rings. The van der Waals surface area contributed by atoms with E-state index < -0.39 is 0 Å². The van der Waals surface area contributed by atoms with E-state index in [2.05, 4.69) is 38.1 Å². The summed E-state index contributed by atoms with van der Waals surface area (Å²) in [6.45, 7) is 4.63. The second-order valence-corrected chi connectivity index (χ2v) is 11.2. The summed E-state index contributed by atoms with van der Waals surface area (Å²) in [4.78, 5) is 0. The van der Waals surface area contributed by atoms with Crippen molar-refractivity contribution < 1.29 is 0 Å². The predicted octanol–water partition coefficient (Wildman–Crippen LogP) is 10.6. The normalized spacial score (nSPS) is 26.8. The molecule has 0 saturated heterocycles. The molecule has 0 amide bonds. The van der Waals surface area contributed by atoms with Crippen LogP contribution in [0, 0.1) is 11.8 Å². The van der Waals surface area contributed by atoms with Crippen LogP contribution in [-0.2, 0) is 0 Å². The fourth-order valence-corrected chi connectivity index (χ4v) is 6.51. The highest BCUT2D eigenvalue weighted by Gasteiger charge is 2.24. The number of hydrogen-bond acceptors (Lipinski definition) is 0. The molecule has 2 aliphatic rings. The van der Waals surface area contributed by atoms with Crippen LogP contribution in [0.5, 0.6) is 0 Å². The van der Waals surface area contributed by atoms with Crippen LogP contribution in [0.1, 0.15) is 159 Å². The first-order chi connectivity index (χ1) is 15.3. The van der Waals surface area contributed by atoms with Gasteiger partial charge in [0.15, 0.2) is 0 Å². The third-order valence-corrected chi connectivity index (χ3v) is 8.75. The zero-order valence-electron chi connectivity index (χ0n) is 21.1. The standard InChI is InChI=1S/C31H52/c1-3-5-7-9-11-13-27-16-20-29(21-17-27)31-24-22-30(23-25-31)28-18-14-26(15-19-28)12-10-8-6-4-2/h22-29H,3-21H2,1-2H3. The summed E-state index contributed by atoms with van der Waals surface area (Å²) in [6, 6.07) is 10.0. The number of unbranched alkanes of at least 4 members (excludes halogenated alkanes) is 7. The molecule has 0 aliphatic heterocycles. The van der Waals surface area contributed by atoms with Gasteiger partial charge in [-0.1, -0.05) is 109 Å². The first-order valence-electron chi connectivity index (χ1n) is 14.4. The third kappa shape index (κ3) is 8.58. The average Bonchev–Trinajstić information content (AvgIpc) is 2.83. The first kappa shape index (κ1) is 24.9. The van der Waals surface area contributed by atoms with Gasteiger partial charge in [0.25, 0.3) is 0 Å². The molecule has 0 N–H and O–H groups in total. The Bertz CT molecular complexity index is 554. The quantitative estimate of drug-likeness (QED) is 0.276. The molecule has 0 aromatic heterocycles. The minimum Gasteiger partial charge on any atom is -0.0654 e. The molecule has 0 atom stereocenters. The summed E-state index contributed by atoms with van der Waals surface area (Å²) in [7, 11) is 0. The Morgan fingerprint density at radius 1 is 0.484 bits per heavy atom. The summed E-state index contributed by atoms with van der Waals surface area (Å²) in [5, 5.41) is 0. The molecular formula is C31H52. The molecule has 1 aromatic carbocycles. The predicted molar refractivity (Wildman–Crippen MR) is 138 cm³/mol. The highest BCUT2D eigenvalue weighted by Crippen LogP contribution is 2.40. The second kappa shape index (κ2) is 14.4. The molecule has 0 nitrogen and oxygen atoms in total. The van der Waals surface area contributed by atoms with Crippen molar-refractivity contribution in [3.63, 3.8) is 0 Å². The van der Waals surface area contributed by atoms with Crippen LogP contribution in [0.4, 0.5) is 0 Å². The van der Waals surface area contributed by atoms with Crippen LogP contribution >= 0.6 is 0 Å². The van der Waals surface area contributed by atoms with Gasteiger partial charge in [0, 0.05) is 0 Å². The fourth-order valence-electron chi connectivity index (χ4n) is 6.51. The summed E-state index contributed by atoms with van der Waals surface area (Å²) in [6.07, 6.45) is 27.5. The molecule has 0 unspecified atom stereocenters. The van der Waals surface area contributed by atoms with Gasteiger partial charge in [-0.2, -0.15) is 0 Å². The Labute approximate surface area is 195 Å². The van der Waals surface area contributed by atoms with Crippen molar-refractivity contribution in [2.75, 3.05) is 0 Å². The maximum Gasteiger partial charge on any atom is -0.0162 e. The monoisotopic (exact) mass is 424 g/mol. The van der Waals surface area contributed by atoms with Gasteiger partial charge in [-0.25, -0.2) is 0 Å². The van der Waals surface area contributed by atoms with Crippen molar-refractivity contribution in [2.24, 2.45) is 11.8 Å². The van der Waals surface area contributed by atoms with Crippen molar-refractivity contribution in [1.82, 2.24) is 0 Å². The third-order valence-electron chi connectivity index (χ3n) is 8.75. The molecule has 0 bridgehead atoms. The Hall–Kier alpha value is -0.780. The second-order valence-electron chi connectivity index (χ2n) is 11.2. The zero-order valence-corrected chi connectivity index (χ0v) is 21.1. The van der Waals surface area contributed by atoms with Crippen LogP contribution < -0.4 is 0 Å². The van der Waals surface area contributed by atoms with Crippen molar-refractivity contribution >= 4 is 0 Å². The lowest BCUT2D eigenvalue weighted by atomic mass is 9.75. The molecular weight excluding hydrogens is 372 g/mol. The molecule has 0 spiro atoms. The largest absolute Gasteiger partial charge is 0.0654 e. The lowest BCUT2D eigenvalue weighted by Crippen LogP contribution is -2.14. The van der Waals surface area contributed by atoms with Crippen LogP contribution in [0.25, 0.3) is 0 Å². The molecule has 0 heteroatoms. The van der Waals surface area contributed by atoms with Crippen molar-refractivity contribution in [1.29, 1.82) is 0 Å². The summed E-state index contributed by atoms with van der Waals surface area (Å²) in [5.41, 5.74) is 3.27. The van der Waals surface area contributed by atoms with E-state index in [9.17, 15) is 0 Å². The molecule has 31 heavy (non-hydrogen) atoms. The van der Waals surface area contributed by atoms with Gasteiger partial charge in [0.1, 0.15) is 0 Å². The van der Waals surface area contributed by atoms with E-state index in [1.807, 2.05) is 0 Å². The van der Waals surface area contributed by atoms with E-state index in [0.29, 0.717) is 0 Å². The van der Waals surface area contributed by atoms with E-state index in [0.717, 1.165) is 23.7 Å². The minimum atomic E-state index is 0.837. The van der Waals surface area contributed by atoms with Crippen molar-refractivity contribution in [2.45, 2.75) is 148 Å². The van der Waals surface area contributed by atoms with Gasteiger partial charge >= 0.3 is 0 Å². The van der Waals surface area contributed by atoms with Gasteiger partial charge in [-0.15, -0.1) is 0 Å². The van der Waals surface area contributed by atoms with Gasteiger partial charge in [-0.3, -0.25) is 0 Å². The fraction of sp³-hybridized carbons (Fsp3) is 0.806. The summed E-state index contributed by atoms with van der Waals surface area (Å²) >= 11 is 0. The Kier molecular flexibility index (Phi) is 11.5. The van der Waals surface area contributed by atoms with Gasteiger partial charge in [-0.05, 0) is 86.2 Å². The minimum absolute atomic E-state index is 0.837. The Morgan fingerprint density at radius 3 is 1.23 bits per heavy atom. The number of hydrogen-bond donors (Lipinski definition) is 0. The molecule has 176 valence electrons. The molecule has 2 saturated carbocycles. The van der Waals surface area contributed by atoms with Crippen molar-refractivity contribution in [3.05, 3.63) is 35.4 Å². The molecule has 2 fully saturated rings. The summed E-state index contributed by atoms with van der Waals surface area (Å²) < 4.78 is 0. The lowest BCUT2D eigenvalue weighted by Gasteiger charge is -2.30. The average molecular weight is 425 g/mol. The zero-order chi connectivity index (χ0) is 21.7. The van der Waals surface area contributed by atoms with Gasteiger partial charge < -0.3 is 0 Å². The number of benzene rings is 1. The van der Waals surface area contributed by atoms with E-state index >= 15 is 0 Å².